The molecule has 0 radical (unpaired) electrons. The van der Waals surface area contributed by atoms with Gasteiger partial charge in [-0.2, -0.15) is 0 Å². The molecule has 0 amide bonds. The number of benzene rings is 1. The molecule has 2 heterocycles. The summed E-state index contributed by atoms with van der Waals surface area (Å²) < 4.78 is 1.92. The maximum absolute atomic E-state index is 4.43. The zero-order valence-electron chi connectivity index (χ0n) is 9.33. The molecule has 0 unspecified atom stereocenters. The van der Waals surface area contributed by atoms with Gasteiger partial charge < -0.3 is 5.32 Å². The Morgan fingerprint density at radius 1 is 1.18 bits per heavy atom. The van der Waals surface area contributed by atoms with Crippen LogP contribution in [-0.4, -0.2) is 26.6 Å². The van der Waals surface area contributed by atoms with Crippen LogP contribution in [0, 0.1) is 0 Å². The highest BCUT2D eigenvalue weighted by Crippen LogP contribution is 2.16. The van der Waals surface area contributed by atoms with E-state index in [0.29, 0.717) is 0 Å². The first-order valence-corrected chi connectivity index (χ1v) is 5.31. The lowest BCUT2D eigenvalue weighted by Crippen LogP contribution is -2.00. The van der Waals surface area contributed by atoms with E-state index >= 15 is 0 Å². The van der Waals surface area contributed by atoms with Crippen LogP contribution in [0.15, 0.2) is 43.0 Å². The molecule has 0 bridgehead atoms. The molecule has 0 saturated heterocycles. The molecule has 3 rings (SSSR count). The summed E-state index contributed by atoms with van der Waals surface area (Å²) in [5, 5.41) is 2.97. The molecule has 5 heteroatoms. The summed E-state index contributed by atoms with van der Waals surface area (Å²) in [6.45, 7) is 0. The van der Waals surface area contributed by atoms with Gasteiger partial charge in [-0.3, -0.25) is 9.55 Å². The minimum atomic E-state index is 0.736. The molecule has 84 valence electrons. The maximum atomic E-state index is 4.43. The number of hydrogen-bond donors (Lipinski definition) is 1. The molecule has 0 spiro atoms. The molecule has 5 nitrogen and oxygen atoms in total. The van der Waals surface area contributed by atoms with Crippen molar-refractivity contribution in [3.63, 3.8) is 0 Å². The SMILES string of the molecule is CNc1cncc(-n2cnc3ccccc32)n1. The van der Waals surface area contributed by atoms with Gasteiger partial charge in [-0.1, -0.05) is 12.1 Å². The molecule has 0 atom stereocenters. The number of imidazole rings is 1. The lowest BCUT2D eigenvalue weighted by atomic mass is 10.3. The van der Waals surface area contributed by atoms with Crippen molar-refractivity contribution in [2.24, 2.45) is 0 Å². The third kappa shape index (κ3) is 1.61. The maximum Gasteiger partial charge on any atom is 0.159 e. The van der Waals surface area contributed by atoms with Gasteiger partial charge >= 0.3 is 0 Å². The quantitative estimate of drug-likeness (QED) is 0.723. The summed E-state index contributed by atoms with van der Waals surface area (Å²) in [6.07, 6.45) is 5.16. The second-order valence-electron chi connectivity index (χ2n) is 3.62. The van der Waals surface area contributed by atoms with Gasteiger partial charge in [-0.25, -0.2) is 9.97 Å². The van der Waals surface area contributed by atoms with Crippen LogP contribution in [0.5, 0.6) is 0 Å². The number of fused-ring (bicyclic) bond motifs is 1. The molecule has 0 aliphatic rings. The second-order valence-corrected chi connectivity index (χ2v) is 3.62. The van der Waals surface area contributed by atoms with E-state index in [2.05, 4.69) is 20.3 Å². The number of rotatable bonds is 2. The molecule has 1 aromatic carbocycles. The van der Waals surface area contributed by atoms with Crippen LogP contribution in [0.25, 0.3) is 16.9 Å². The molecular weight excluding hydrogens is 214 g/mol. The van der Waals surface area contributed by atoms with Gasteiger partial charge in [-0.05, 0) is 12.1 Å². The van der Waals surface area contributed by atoms with Crippen LogP contribution in [0.3, 0.4) is 0 Å². The van der Waals surface area contributed by atoms with Crippen molar-refractivity contribution in [1.29, 1.82) is 0 Å². The minimum Gasteiger partial charge on any atom is -0.372 e. The third-order valence-electron chi connectivity index (χ3n) is 2.58. The van der Waals surface area contributed by atoms with Crippen molar-refractivity contribution in [3.05, 3.63) is 43.0 Å². The summed E-state index contributed by atoms with van der Waals surface area (Å²) >= 11 is 0. The first-order valence-electron chi connectivity index (χ1n) is 5.31. The fraction of sp³-hybridized carbons (Fsp3) is 0.0833. The standard InChI is InChI=1S/C12H11N5/c1-13-11-6-14-7-12(16-11)17-8-15-9-4-2-3-5-10(9)17/h2-8H,1H3,(H,13,16). The molecule has 0 saturated carbocycles. The zero-order valence-corrected chi connectivity index (χ0v) is 9.33. The van der Waals surface area contributed by atoms with Crippen molar-refractivity contribution in [1.82, 2.24) is 19.5 Å². The summed E-state index contributed by atoms with van der Waals surface area (Å²) in [6, 6.07) is 7.93. The molecule has 3 aromatic rings. The van der Waals surface area contributed by atoms with Crippen LogP contribution >= 0.6 is 0 Å². The van der Waals surface area contributed by atoms with E-state index in [-0.39, 0.29) is 0 Å². The Hall–Kier alpha value is -2.43. The number of para-hydroxylation sites is 2. The van der Waals surface area contributed by atoms with Crippen molar-refractivity contribution in [2.75, 3.05) is 12.4 Å². The summed E-state index contributed by atoms with van der Waals surface area (Å²) in [5.74, 6) is 1.49. The van der Waals surface area contributed by atoms with E-state index in [1.807, 2.05) is 35.9 Å². The van der Waals surface area contributed by atoms with Crippen molar-refractivity contribution in [2.45, 2.75) is 0 Å². The Bertz CT molecular complexity index is 659. The van der Waals surface area contributed by atoms with Gasteiger partial charge in [0, 0.05) is 7.05 Å². The fourth-order valence-electron chi connectivity index (χ4n) is 1.73. The predicted molar refractivity (Wildman–Crippen MR) is 66.2 cm³/mol. The lowest BCUT2D eigenvalue weighted by molar-refractivity contribution is 0.996. The van der Waals surface area contributed by atoms with Gasteiger partial charge in [0.15, 0.2) is 5.82 Å². The third-order valence-corrected chi connectivity index (χ3v) is 2.58. The van der Waals surface area contributed by atoms with E-state index in [0.717, 1.165) is 22.7 Å². The van der Waals surface area contributed by atoms with Gasteiger partial charge in [-0.15, -0.1) is 0 Å². The first-order chi connectivity index (χ1) is 8.38. The fourth-order valence-corrected chi connectivity index (χ4v) is 1.73. The molecule has 0 aliphatic heterocycles. The van der Waals surface area contributed by atoms with Crippen LogP contribution < -0.4 is 5.32 Å². The zero-order chi connectivity index (χ0) is 11.7. The van der Waals surface area contributed by atoms with E-state index in [9.17, 15) is 0 Å². The Balaban J connectivity index is 2.20. The van der Waals surface area contributed by atoms with E-state index in [4.69, 9.17) is 0 Å². The van der Waals surface area contributed by atoms with Gasteiger partial charge in [0.2, 0.25) is 0 Å². The molecule has 2 aromatic heterocycles. The average molecular weight is 225 g/mol. The summed E-state index contributed by atoms with van der Waals surface area (Å²) in [7, 11) is 1.82. The summed E-state index contributed by atoms with van der Waals surface area (Å²) in [4.78, 5) is 12.9. The van der Waals surface area contributed by atoms with Crippen LogP contribution in [0.4, 0.5) is 5.82 Å². The number of anilines is 1. The average Bonchev–Trinajstić information content (AvgIpc) is 2.82. The topological polar surface area (TPSA) is 55.6 Å². The number of hydrogen-bond acceptors (Lipinski definition) is 4. The van der Waals surface area contributed by atoms with Gasteiger partial charge in [0.05, 0.1) is 23.4 Å². The van der Waals surface area contributed by atoms with Crippen molar-refractivity contribution in [3.8, 4) is 5.82 Å². The number of aromatic nitrogens is 4. The predicted octanol–water partition coefficient (Wildman–Crippen LogP) is 1.86. The Labute approximate surface area is 98.2 Å². The van der Waals surface area contributed by atoms with Crippen LogP contribution in [-0.2, 0) is 0 Å². The molecule has 0 fully saturated rings. The number of nitrogens with zero attached hydrogens (tertiary/aromatic N) is 4. The highest BCUT2D eigenvalue weighted by Gasteiger charge is 2.05. The largest absolute Gasteiger partial charge is 0.372 e. The first kappa shape index (κ1) is 9.77. The van der Waals surface area contributed by atoms with Gasteiger partial charge in [0.1, 0.15) is 12.1 Å². The molecular formula is C12H11N5. The van der Waals surface area contributed by atoms with Crippen LogP contribution in [0.1, 0.15) is 0 Å². The van der Waals surface area contributed by atoms with Crippen molar-refractivity contribution >= 4 is 16.9 Å². The van der Waals surface area contributed by atoms with Crippen LogP contribution in [0.2, 0.25) is 0 Å². The highest BCUT2D eigenvalue weighted by molar-refractivity contribution is 5.76. The van der Waals surface area contributed by atoms with E-state index in [1.165, 1.54) is 0 Å². The van der Waals surface area contributed by atoms with Gasteiger partial charge in [0.25, 0.3) is 0 Å². The number of nitrogens with one attached hydrogen (secondary N) is 1. The van der Waals surface area contributed by atoms with E-state index in [1.54, 1.807) is 18.7 Å². The van der Waals surface area contributed by atoms with E-state index < -0.39 is 0 Å². The molecule has 1 N–H and O–H groups in total. The smallest absolute Gasteiger partial charge is 0.159 e. The summed E-state index contributed by atoms with van der Waals surface area (Å²) in [5.41, 5.74) is 1.97. The lowest BCUT2D eigenvalue weighted by Gasteiger charge is -2.04. The Morgan fingerprint density at radius 3 is 2.94 bits per heavy atom. The Morgan fingerprint density at radius 2 is 2.06 bits per heavy atom. The minimum absolute atomic E-state index is 0.736. The normalized spacial score (nSPS) is 10.6. The molecule has 0 aliphatic carbocycles. The molecule has 17 heavy (non-hydrogen) atoms. The second kappa shape index (κ2) is 3.86. The highest BCUT2D eigenvalue weighted by atomic mass is 15.1. The monoisotopic (exact) mass is 225 g/mol. The van der Waals surface area contributed by atoms with Crippen molar-refractivity contribution < 1.29 is 0 Å². The Kier molecular flexibility index (Phi) is 2.22.